The van der Waals surface area contributed by atoms with Crippen molar-refractivity contribution in [2.45, 2.75) is 26.7 Å². The van der Waals surface area contributed by atoms with E-state index in [4.69, 9.17) is 4.42 Å². The Morgan fingerprint density at radius 3 is 2.86 bits per heavy atom. The first-order valence-corrected chi connectivity index (χ1v) is 8.08. The van der Waals surface area contributed by atoms with Crippen molar-refractivity contribution in [1.29, 1.82) is 0 Å². The van der Waals surface area contributed by atoms with Gasteiger partial charge in [-0.3, -0.25) is 4.99 Å². The van der Waals surface area contributed by atoms with E-state index in [2.05, 4.69) is 30.5 Å². The third-order valence-corrected chi connectivity index (χ3v) is 4.11. The van der Waals surface area contributed by atoms with Crippen LogP contribution in [0.2, 0.25) is 0 Å². The molecule has 2 rings (SSSR count). The first kappa shape index (κ1) is 15.5. The number of hydrogen-bond donors (Lipinski definition) is 0. The number of aromatic nitrogens is 1. The molecule has 0 amide bonds. The summed E-state index contributed by atoms with van der Waals surface area (Å²) in [6.07, 6.45) is 7.62. The summed E-state index contributed by atoms with van der Waals surface area (Å²) >= 11 is 1.56. The highest BCUT2D eigenvalue weighted by atomic mass is 32.1. The van der Waals surface area contributed by atoms with Crippen molar-refractivity contribution in [3.63, 3.8) is 0 Å². The van der Waals surface area contributed by atoms with Crippen molar-refractivity contribution in [1.82, 2.24) is 4.68 Å². The van der Waals surface area contributed by atoms with Crippen LogP contribution < -0.4 is 4.80 Å². The molecule has 2 aromatic heterocycles. The highest BCUT2D eigenvalue weighted by Gasteiger charge is 2.10. The molecule has 0 saturated carbocycles. The van der Waals surface area contributed by atoms with Gasteiger partial charge in [0, 0.05) is 11.6 Å². The Kier molecular flexibility index (Phi) is 5.75. The lowest BCUT2D eigenvalue weighted by Crippen LogP contribution is -2.13. The molecule has 0 bridgehead atoms. The van der Waals surface area contributed by atoms with Crippen LogP contribution in [0.25, 0.3) is 11.5 Å². The lowest BCUT2D eigenvalue weighted by atomic mass is 10.1. The average Bonchev–Trinajstić information content (AvgIpc) is 3.15. The van der Waals surface area contributed by atoms with Gasteiger partial charge in [-0.05, 0) is 30.9 Å². The molecule has 2 aromatic rings. The summed E-state index contributed by atoms with van der Waals surface area (Å²) in [6, 6.07) is 3.81. The van der Waals surface area contributed by atoms with E-state index in [1.807, 2.05) is 28.4 Å². The fourth-order valence-electron chi connectivity index (χ4n) is 1.92. The molecule has 0 fully saturated rings. The fraction of sp³-hybridized carbons (Fsp3) is 0.375. The van der Waals surface area contributed by atoms with E-state index < -0.39 is 0 Å². The van der Waals surface area contributed by atoms with Crippen molar-refractivity contribution < 1.29 is 4.42 Å². The third kappa shape index (κ3) is 3.82. The van der Waals surface area contributed by atoms with Crippen molar-refractivity contribution >= 4 is 17.6 Å². The first-order valence-electron chi connectivity index (χ1n) is 7.20. The van der Waals surface area contributed by atoms with E-state index in [1.54, 1.807) is 23.7 Å². The summed E-state index contributed by atoms with van der Waals surface area (Å²) in [5.74, 6) is 1.28. The molecule has 0 radical (unpaired) electrons. The quantitative estimate of drug-likeness (QED) is 0.559. The summed E-state index contributed by atoms with van der Waals surface area (Å²) in [4.78, 5) is 5.34. The molecule has 0 N–H and O–H groups in total. The van der Waals surface area contributed by atoms with E-state index in [1.165, 1.54) is 0 Å². The fourth-order valence-corrected chi connectivity index (χ4v) is 2.74. The van der Waals surface area contributed by atoms with Crippen LogP contribution in [0.3, 0.4) is 0 Å². The molecule has 2 heterocycles. The SMILES string of the molecule is C=CCN=c1scc(-c2ccco2)n1N=CC(CC)CC. The Hall–Kier alpha value is -1.88. The van der Waals surface area contributed by atoms with Gasteiger partial charge in [-0.1, -0.05) is 19.9 Å². The monoisotopic (exact) mass is 303 g/mol. The second-order valence-electron chi connectivity index (χ2n) is 4.66. The second-order valence-corrected chi connectivity index (χ2v) is 5.50. The maximum atomic E-state index is 5.49. The minimum Gasteiger partial charge on any atom is -0.463 e. The molecule has 0 atom stereocenters. The number of rotatable bonds is 7. The molecule has 0 unspecified atom stereocenters. The van der Waals surface area contributed by atoms with Gasteiger partial charge in [0.05, 0.1) is 12.8 Å². The zero-order valence-corrected chi connectivity index (χ0v) is 13.3. The van der Waals surface area contributed by atoms with Crippen LogP contribution in [-0.2, 0) is 0 Å². The summed E-state index contributed by atoms with van der Waals surface area (Å²) < 4.78 is 7.34. The van der Waals surface area contributed by atoms with Gasteiger partial charge in [-0.15, -0.1) is 17.9 Å². The molecule has 0 aliphatic carbocycles. The summed E-state index contributed by atoms with van der Waals surface area (Å²) in [6.45, 7) is 8.64. The summed E-state index contributed by atoms with van der Waals surface area (Å²) in [5.41, 5.74) is 0.926. The van der Waals surface area contributed by atoms with Gasteiger partial charge in [-0.2, -0.15) is 5.10 Å². The molecule has 0 aliphatic rings. The molecule has 0 saturated heterocycles. The van der Waals surface area contributed by atoms with Gasteiger partial charge in [0.25, 0.3) is 0 Å². The van der Waals surface area contributed by atoms with Gasteiger partial charge in [0.15, 0.2) is 5.76 Å². The normalized spacial score (nSPS) is 12.6. The van der Waals surface area contributed by atoms with Crippen LogP contribution in [0.5, 0.6) is 0 Å². The Morgan fingerprint density at radius 1 is 1.43 bits per heavy atom. The van der Waals surface area contributed by atoms with Crippen LogP contribution in [0.4, 0.5) is 0 Å². The maximum absolute atomic E-state index is 5.49. The minimum absolute atomic E-state index is 0.481. The molecular weight excluding hydrogens is 282 g/mol. The zero-order chi connectivity index (χ0) is 15.1. The standard InChI is InChI=1S/C16H21N3OS/c1-4-9-17-16-19(18-11-13(5-2)6-3)14(12-21-16)15-8-7-10-20-15/h4,7-8,10-13H,1,5-6,9H2,2-3H3. The van der Waals surface area contributed by atoms with Gasteiger partial charge in [-0.25, -0.2) is 4.68 Å². The van der Waals surface area contributed by atoms with Crippen LogP contribution >= 0.6 is 11.3 Å². The molecule has 0 aliphatic heterocycles. The van der Waals surface area contributed by atoms with Gasteiger partial charge < -0.3 is 4.42 Å². The molecule has 4 nitrogen and oxygen atoms in total. The molecule has 21 heavy (non-hydrogen) atoms. The van der Waals surface area contributed by atoms with Gasteiger partial charge in [0.2, 0.25) is 4.80 Å². The van der Waals surface area contributed by atoms with Crippen molar-refractivity contribution in [3.8, 4) is 11.5 Å². The smallest absolute Gasteiger partial charge is 0.206 e. The van der Waals surface area contributed by atoms with Crippen molar-refractivity contribution in [2.75, 3.05) is 6.54 Å². The van der Waals surface area contributed by atoms with Crippen LogP contribution in [0.1, 0.15) is 26.7 Å². The van der Waals surface area contributed by atoms with Crippen molar-refractivity contribution in [3.05, 3.63) is 41.2 Å². The highest BCUT2D eigenvalue weighted by Crippen LogP contribution is 2.20. The summed E-state index contributed by atoms with van der Waals surface area (Å²) in [7, 11) is 0. The molecular formula is C16H21N3OS. The second kappa shape index (κ2) is 7.78. The predicted octanol–water partition coefficient (Wildman–Crippen LogP) is 4.17. The summed E-state index contributed by atoms with van der Waals surface area (Å²) in [5, 5.41) is 6.65. The van der Waals surface area contributed by atoms with Crippen LogP contribution in [-0.4, -0.2) is 17.4 Å². The van der Waals surface area contributed by atoms with E-state index in [9.17, 15) is 0 Å². The minimum atomic E-state index is 0.481. The Labute approximate surface area is 129 Å². The number of furan rings is 1. The van der Waals surface area contributed by atoms with Crippen LogP contribution in [0.15, 0.2) is 50.9 Å². The number of nitrogens with zero attached hydrogens (tertiary/aromatic N) is 3. The Bertz CT molecular complexity index is 645. The molecule has 112 valence electrons. The first-order chi connectivity index (χ1) is 10.3. The maximum Gasteiger partial charge on any atom is 0.206 e. The van der Waals surface area contributed by atoms with Gasteiger partial charge >= 0.3 is 0 Å². The lowest BCUT2D eigenvalue weighted by Gasteiger charge is -2.05. The average molecular weight is 303 g/mol. The van der Waals surface area contributed by atoms with Crippen molar-refractivity contribution in [2.24, 2.45) is 16.0 Å². The Morgan fingerprint density at radius 2 is 2.24 bits per heavy atom. The number of thiazole rings is 1. The van der Waals surface area contributed by atoms with Gasteiger partial charge in [0.1, 0.15) is 5.69 Å². The van der Waals surface area contributed by atoms with Crippen LogP contribution in [0, 0.1) is 5.92 Å². The third-order valence-electron chi connectivity index (χ3n) is 3.26. The molecule has 5 heteroatoms. The number of hydrogen-bond acceptors (Lipinski definition) is 4. The largest absolute Gasteiger partial charge is 0.463 e. The van der Waals surface area contributed by atoms with E-state index in [0.29, 0.717) is 12.5 Å². The highest BCUT2D eigenvalue weighted by molar-refractivity contribution is 7.07. The topological polar surface area (TPSA) is 42.8 Å². The predicted molar refractivity (Wildman–Crippen MR) is 88.6 cm³/mol. The zero-order valence-electron chi connectivity index (χ0n) is 12.5. The molecule has 0 aromatic carbocycles. The lowest BCUT2D eigenvalue weighted by molar-refractivity contribution is 0.574. The van der Waals surface area contributed by atoms with E-state index in [0.717, 1.165) is 29.1 Å². The molecule has 0 spiro atoms. The Balaban J connectivity index is 2.44. The van der Waals surface area contributed by atoms with E-state index >= 15 is 0 Å². The van der Waals surface area contributed by atoms with E-state index in [-0.39, 0.29) is 0 Å².